The van der Waals surface area contributed by atoms with Crippen LogP contribution in [-0.2, 0) is 14.3 Å². The lowest BCUT2D eigenvalue weighted by Gasteiger charge is -2.37. The van der Waals surface area contributed by atoms with Crippen molar-refractivity contribution in [3.8, 4) is 11.5 Å². The first-order chi connectivity index (χ1) is 14.6. The minimum Gasteiger partial charge on any atom is -0.496 e. The number of hydrogen-bond donors (Lipinski definition) is 0. The van der Waals surface area contributed by atoms with Crippen molar-refractivity contribution in [2.24, 2.45) is 5.92 Å². The Hall–Kier alpha value is -3.28. The minimum absolute atomic E-state index is 0.0465. The van der Waals surface area contributed by atoms with E-state index in [1.807, 2.05) is 24.3 Å². The predicted molar refractivity (Wildman–Crippen MR) is 110 cm³/mol. The Morgan fingerprint density at radius 1 is 0.967 bits per heavy atom. The van der Waals surface area contributed by atoms with Crippen LogP contribution in [0.5, 0.6) is 11.5 Å². The molecule has 2 aliphatic rings. The highest BCUT2D eigenvalue weighted by atomic mass is 16.5. The van der Waals surface area contributed by atoms with Gasteiger partial charge in [-0.15, -0.1) is 0 Å². The third-order valence-corrected chi connectivity index (χ3v) is 5.70. The van der Waals surface area contributed by atoms with Crippen molar-refractivity contribution in [3.05, 3.63) is 65.9 Å². The van der Waals surface area contributed by atoms with E-state index in [-0.39, 0.29) is 23.9 Å². The second-order valence-corrected chi connectivity index (χ2v) is 7.42. The molecule has 156 valence electrons. The predicted octanol–water partition coefficient (Wildman–Crippen LogP) is 4.04. The number of ketones is 1. The van der Waals surface area contributed by atoms with Gasteiger partial charge < -0.3 is 18.9 Å². The zero-order chi connectivity index (χ0) is 21.1. The maximum absolute atomic E-state index is 13.1. The number of benzene rings is 2. The number of para-hydroxylation sites is 2. The molecular weight excluding hydrogens is 384 g/mol. The van der Waals surface area contributed by atoms with E-state index in [9.17, 15) is 9.59 Å². The van der Waals surface area contributed by atoms with Crippen molar-refractivity contribution in [2.75, 3.05) is 14.2 Å². The van der Waals surface area contributed by atoms with Gasteiger partial charge in [-0.2, -0.15) is 0 Å². The minimum atomic E-state index is -0.428. The van der Waals surface area contributed by atoms with Crippen molar-refractivity contribution >= 4 is 17.3 Å². The molecule has 1 aliphatic carbocycles. The van der Waals surface area contributed by atoms with Crippen LogP contribution in [0, 0.1) is 5.92 Å². The quantitative estimate of drug-likeness (QED) is 0.696. The van der Waals surface area contributed by atoms with Crippen LogP contribution in [0.15, 0.2) is 54.8 Å². The summed E-state index contributed by atoms with van der Waals surface area (Å²) >= 11 is 0. The Labute approximate surface area is 175 Å². The van der Waals surface area contributed by atoms with Gasteiger partial charge in [0.2, 0.25) is 0 Å². The van der Waals surface area contributed by atoms with E-state index in [0.717, 1.165) is 5.56 Å². The number of Topliss-reactive ketones (excluding diaryl/α,β-unsaturated/α-hetero) is 1. The van der Waals surface area contributed by atoms with Gasteiger partial charge in [-0.05, 0) is 31.0 Å². The standard InChI is InChI=1S/C24H24O6/c1-27-20-9-5-3-7-16(20)19-14-29-22-13-15(11-12-17(22)23(19)25)30-24(26)18-8-4-6-10-21(18)28-2/h3-10,14-15,17,22H,11-13H2,1-2H3. The summed E-state index contributed by atoms with van der Waals surface area (Å²) < 4.78 is 22.3. The summed E-state index contributed by atoms with van der Waals surface area (Å²) in [6.45, 7) is 0. The van der Waals surface area contributed by atoms with E-state index >= 15 is 0 Å². The highest BCUT2D eigenvalue weighted by molar-refractivity contribution is 6.22. The van der Waals surface area contributed by atoms with Crippen LogP contribution in [0.1, 0.15) is 35.2 Å². The number of allylic oxidation sites excluding steroid dienone is 1. The number of esters is 1. The molecule has 30 heavy (non-hydrogen) atoms. The van der Waals surface area contributed by atoms with Gasteiger partial charge in [-0.25, -0.2) is 4.79 Å². The zero-order valence-corrected chi connectivity index (χ0v) is 17.0. The molecule has 1 aliphatic heterocycles. The average molecular weight is 408 g/mol. The molecule has 6 heteroatoms. The fourth-order valence-electron chi connectivity index (χ4n) is 4.15. The third-order valence-electron chi connectivity index (χ3n) is 5.70. The summed E-state index contributed by atoms with van der Waals surface area (Å²) in [5.41, 5.74) is 1.65. The summed E-state index contributed by atoms with van der Waals surface area (Å²) in [6.07, 6.45) is 2.59. The van der Waals surface area contributed by atoms with Gasteiger partial charge in [0.15, 0.2) is 5.78 Å². The molecule has 0 aromatic heterocycles. The van der Waals surface area contributed by atoms with Crippen LogP contribution in [0.4, 0.5) is 0 Å². The molecule has 0 bridgehead atoms. The first-order valence-electron chi connectivity index (χ1n) is 9.99. The zero-order valence-electron chi connectivity index (χ0n) is 17.0. The van der Waals surface area contributed by atoms with Crippen molar-refractivity contribution in [1.29, 1.82) is 0 Å². The number of fused-ring (bicyclic) bond motifs is 1. The lowest BCUT2D eigenvalue weighted by molar-refractivity contribution is -0.126. The van der Waals surface area contributed by atoms with Gasteiger partial charge in [0.1, 0.15) is 29.3 Å². The third kappa shape index (κ3) is 3.77. The molecule has 2 aromatic carbocycles. The van der Waals surface area contributed by atoms with Gasteiger partial charge in [0.25, 0.3) is 0 Å². The Morgan fingerprint density at radius 2 is 1.67 bits per heavy atom. The van der Waals surface area contributed by atoms with Crippen molar-refractivity contribution in [2.45, 2.75) is 31.5 Å². The molecule has 6 nitrogen and oxygen atoms in total. The number of hydrogen-bond acceptors (Lipinski definition) is 6. The number of ether oxygens (including phenoxy) is 4. The molecule has 0 saturated heterocycles. The van der Waals surface area contributed by atoms with Crippen LogP contribution in [-0.4, -0.2) is 38.2 Å². The lowest BCUT2D eigenvalue weighted by Crippen LogP contribution is -2.42. The Bertz CT molecular complexity index is 979. The normalized spacial score (nSPS) is 22.9. The molecule has 2 aromatic rings. The maximum Gasteiger partial charge on any atom is 0.342 e. The SMILES string of the molecule is COc1ccccc1C(=O)OC1CCC2C(=O)C(c3ccccc3OC)=COC2C1. The Morgan fingerprint density at radius 3 is 2.43 bits per heavy atom. The van der Waals surface area contributed by atoms with E-state index in [1.165, 1.54) is 13.4 Å². The van der Waals surface area contributed by atoms with Crippen LogP contribution in [0.2, 0.25) is 0 Å². The van der Waals surface area contributed by atoms with E-state index in [0.29, 0.717) is 41.9 Å². The number of methoxy groups -OCH3 is 2. The van der Waals surface area contributed by atoms with Crippen LogP contribution < -0.4 is 9.47 Å². The van der Waals surface area contributed by atoms with Crippen molar-refractivity contribution in [1.82, 2.24) is 0 Å². The summed E-state index contributed by atoms with van der Waals surface area (Å²) in [5.74, 6) is 0.480. The second-order valence-electron chi connectivity index (χ2n) is 7.42. The molecule has 4 rings (SSSR count). The molecule has 3 atom stereocenters. The summed E-state index contributed by atoms with van der Waals surface area (Å²) in [6, 6.07) is 14.4. The smallest absolute Gasteiger partial charge is 0.342 e. The molecule has 0 spiro atoms. The highest BCUT2D eigenvalue weighted by Gasteiger charge is 2.42. The maximum atomic E-state index is 13.1. The fourth-order valence-corrected chi connectivity index (χ4v) is 4.15. The number of carbonyl (C=O) groups is 2. The molecule has 0 amide bonds. The summed E-state index contributed by atoms with van der Waals surface area (Å²) in [4.78, 5) is 25.7. The van der Waals surface area contributed by atoms with Gasteiger partial charge in [0, 0.05) is 12.0 Å². The molecule has 1 saturated carbocycles. The van der Waals surface area contributed by atoms with Crippen molar-refractivity contribution < 1.29 is 28.5 Å². The van der Waals surface area contributed by atoms with Crippen LogP contribution in [0.3, 0.4) is 0 Å². The number of carbonyl (C=O) groups excluding carboxylic acids is 2. The summed E-state index contributed by atoms with van der Waals surface area (Å²) in [7, 11) is 3.10. The van der Waals surface area contributed by atoms with Gasteiger partial charge in [-0.1, -0.05) is 30.3 Å². The van der Waals surface area contributed by atoms with Gasteiger partial charge in [0.05, 0.1) is 32.0 Å². The molecule has 0 radical (unpaired) electrons. The first kappa shape index (κ1) is 20.0. The lowest BCUT2D eigenvalue weighted by atomic mass is 9.77. The van der Waals surface area contributed by atoms with Gasteiger partial charge in [-0.3, -0.25) is 4.79 Å². The van der Waals surface area contributed by atoms with Crippen molar-refractivity contribution in [3.63, 3.8) is 0 Å². The van der Waals surface area contributed by atoms with E-state index in [2.05, 4.69) is 0 Å². The number of rotatable bonds is 5. The monoisotopic (exact) mass is 408 g/mol. The largest absolute Gasteiger partial charge is 0.496 e. The average Bonchev–Trinajstić information content (AvgIpc) is 2.79. The first-order valence-corrected chi connectivity index (χ1v) is 9.99. The van der Waals surface area contributed by atoms with E-state index in [1.54, 1.807) is 31.4 Å². The highest BCUT2D eigenvalue weighted by Crippen LogP contribution is 2.39. The van der Waals surface area contributed by atoms with E-state index in [4.69, 9.17) is 18.9 Å². The molecular formula is C24H24O6. The fraction of sp³-hybridized carbons (Fsp3) is 0.333. The Balaban J connectivity index is 1.46. The molecule has 1 fully saturated rings. The van der Waals surface area contributed by atoms with Gasteiger partial charge >= 0.3 is 5.97 Å². The molecule has 1 heterocycles. The van der Waals surface area contributed by atoms with E-state index < -0.39 is 5.97 Å². The Kier molecular flexibility index (Phi) is 5.74. The second kappa shape index (κ2) is 8.61. The van der Waals surface area contributed by atoms with Crippen LogP contribution >= 0.6 is 0 Å². The molecule has 0 N–H and O–H groups in total. The molecule has 3 unspecified atom stereocenters. The topological polar surface area (TPSA) is 71.1 Å². The van der Waals surface area contributed by atoms with Crippen LogP contribution in [0.25, 0.3) is 5.57 Å². The summed E-state index contributed by atoms with van der Waals surface area (Å²) in [5, 5.41) is 0.